The summed E-state index contributed by atoms with van der Waals surface area (Å²) in [6, 6.07) is 9.27. The number of carbonyl (C=O) groups excluding carboxylic acids is 1. The number of benzene rings is 1. The van der Waals surface area contributed by atoms with Crippen LogP contribution in [-0.4, -0.2) is 20.6 Å². The predicted molar refractivity (Wildman–Crippen MR) is 102 cm³/mol. The summed E-state index contributed by atoms with van der Waals surface area (Å²) in [7, 11) is 1.50. The highest BCUT2D eigenvalue weighted by Gasteiger charge is 2.26. The molecule has 1 N–H and O–H groups in total. The van der Waals surface area contributed by atoms with Crippen molar-refractivity contribution in [3.8, 4) is 5.88 Å². The van der Waals surface area contributed by atoms with E-state index >= 15 is 0 Å². The molecule has 1 aliphatic rings. The van der Waals surface area contributed by atoms with Gasteiger partial charge in [0.05, 0.1) is 5.56 Å². The number of rotatable bonds is 4. The van der Waals surface area contributed by atoms with Gasteiger partial charge in [0.25, 0.3) is 5.56 Å². The van der Waals surface area contributed by atoms with Crippen LogP contribution in [0.2, 0.25) is 0 Å². The van der Waals surface area contributed by atoms with Crippen molar-refractivity contribution < 1.29 is 14.6 Å². The SMILES string of the molecule is Cn1c(C(=O)OCc2ccccc2)nc(O)c(C2CCCCCCC2)c1=O. The van der Waals surface area contributed by atoms with E-state index in [9.17, 15) is 14.7 Å². The quantitative estimate of drug-likeness (QED) is 0.831. The highest BCUT2D eigenvalue weighted by Crippen LogP contribution is 2.32. The van der Waals surface area contributed by atoms with Crippen LogP contribution in [0.5, 0.6) is 5.88 Å². The van der Waals surface area contributed by atoms with Crippen molar-refractivity contribution in [2.45, 2.75) is 57.5 Å². The van der Waals surface area contributed by atoms with Crippen LogP contribution in [0.1, 0.15) is 72.6 Å². The van der Waals surface area contributed by atoms with Crippen LogP contribution in [0.3, 0.4) is 0 Å². The van der Waals surface area contributed by atoms with Crippen molar-refractivity contribution in [1.82, 2.24) is 9.55 Å². The molecule has 0 spiro atoms. The molecule has 0 saturated heterocycles. The van der Waals surface area contributed by atoms with E-state index in [0.29, 0.717) is 5.56 Å². The zero-order chi connectivity index (χ0) is 19.2. The maximum absolute atomic E-state index is 12.8. The van der Waals surface area contributed by atoms with Crippen LogP contribution in [0.25, 0.3) is 0 Å². The number of hydrogen-bond donors (Lipinski definition) is 1. The molecule has 0 bridgehead atoms. The topological polar surface area (TPSA) is 81.4 Å². The van der Waals surface area contributed by atoms with E-state index in [-0.39, 0.29) is 29.8 Å². The minimum Gasteiger partial charge on any atom is -0.493 e. The Morgan fingerprint density at radius 1 is 1.15 bits per heavy atom. The molecule has 0 unspecified atom stereocenters. The van der Waals surface area contributed by atoms with Gasteiger partial charge in [-0.2, -0.15) is 4.98 Å². The molecule has 0 aliphatic heterocycles. The minimum absolute atomic E-state index is 0.00844. The van der Waals surface area contributed by atoms with Crippen molar-refractivity contribution in [2.24, 2.45) is 7.05 Å². The van der Waals surface area contributed by atoms with Gasteiger partial charge in [0, 0.05) is 7.05 Å². The van der Waals surface area contributed by atoms with E-state index < -0.39 is 5.97 Å². The van der Waals surface area contributed by atoms with Gasteiger partial charge in [-0.15, -0.1) is 0 Å². The van der Waals surface area contributed by atoms with E-state index in [4.69, 9.17) is 4.74 Å². The molecule has 1 aromatic carbocycles. The Morgan fingerprint density at radius 3 is 2.44 bits per heavy atom. The van der Waals surface area contributed by atoms with Crippen LogP contribution in [-0.2, 0) is 18.4 Å². The fourth-order valence-electron chi connectivity index (χ4n) is 3.68. The first-order chi connectivity index (χ1) is 13.1. The summed E-state index contributed by atoms with van der Waals surface area (Å²) in [6.07, 6.45) is 7.32. The largest absolute Gasteiger partial charge is 0.493 e. The van der Waals surface area contributed by atoms with Gasteiger partial charge in [0.15, 0.2) is 0 Å². The van der Waals surface area contributed by atoms with Crippen molar-refractivity contribution in [1.29, 1.82) is 0 Å². The molecule has 1 fully saturated rings. The molecular weight excluding hydrogens is 344 g/mol. The highest BCUT2D eigenvalue weighted by atomic mass is 16.5. The van der Waals surface area contributed by atoms with E-state index in [1.165, 1.54) is 18.0 Å². The molecule has 6 nitrogen and oxygen atoms in total. The Labute approximate surface area is 158 Å². The summed E-state index contributed by atoms with van der Waals surface area (Å²) in [6.45, 7) is 0.0840. The number of hydrogen-bond acceptors (Lipinski definition) is 5. The lowest BCUT2D eigenvalue weighted by Crippen LogP contribution is -2.30. The molecular formula is C21H26N2O4. The number of carbonyl (C=O) groups is 1. The number of esters is 1. The van der Waals surface area contributed by atoms with Gasteiger partial charge in [-0.1, -0.05) is 62.4 Å². The van der Waals surface area contributed by atoms with E-state index in [0.717, 1.165) is 44.1 Å². The third-order valence-corrected chi connectivity index (χ3v) is 5.21. The molecule has 6 heteroatoms. The Balaban J connectivity index is 1.81. The molecule has 0 amide bonds. The lowest BCUT2D eigenvalue weighted by molar-refractivity contribution is 0.0449. The normalized spacial score (nSPS) is 15.7. The molecule has 27 heavy (non-hydrogen) atoms. The van der Waals surface area contributed by atoms with Gasteiger partial charge < -0.3 is 9.84 Å². The Bertz CT molecular complexity index is 837. The fourth-order valence-corrected chi connectivity index (χ4v) is 3.68. The van der Waals surface area contributed by atoms with Crippen LogP contribution >= 0.6 is 0 Å². The van der Waals surface area contributed by atoms with E-state index in [1.54, 1.807) is 0 Å². The number of nitrogens with zero attached hydrogens (tertiary/aromatic N) is 2. The molecule has 1 aliphatic carbocycles. The molecule has 1 saturated carbocycles. The van der Waals surface area contributed by atoms with E-state index in [2.05, 4.69) is 4.98 Å². The van der Waals surface area contributed by atoms with Crippen molar-refractivity contribution in [3.05, 3.63) is 57.6 Å². The maximum Gasteiger partial charge on any atom is 0.375 e. The summed E-state index contributed by atoms with van der Waals surface area (Å²) < 4.78 is 6.45. The monoisotopic (exact) mass is 370 g/mol. The lowest BCUT2D eigenvalue weighted by atomic mass is 9.87. The van der Waals surface area contributed by atoms with Gasteiger partial charge >= 0.3 is 5.97 Å². The number of aromatic hydroxyl groups is 1. The van der Waals surface area contributed by atoms with Crippen LogP contribution in [0.15, 0.2) is 35.1 Å². The second-order valence-electron chi connectivity index (χ2n) is 7.14. The maximum atomic E-state index is 12.8. The molecule has 1 heterocycles. The fraction of sp³-hybridized carbons (Fsp3) is 0.476. The first kappa shape index (κ1) is 19.1. The summed E-state index contributed by atoms with van der Waals surface area (Å²) >= 11 is 0. The summed E-state index contributed by atoms with van der Waals surface area (Å²) in [5, 5.41) is 10.4. The van der Waals surface area contributed by atoms with Crippen molar-refractivity contribution in [2.75, 3.05) is 0 Å². The Morgan fingerprint density at radius 2 is 1.78 bits per heavy atom. The van der Waals surface area contributed by atoms with Gasteiger partial charge in [-0.3, -0.25) is 9.36 Å². The van der Waals surface area contributed by atoms with Crippen molar-refractivity contribution in [3.63, 3.8) is 0 Å². The van der Waals surface area contributed by atoms with Crippen LogP contribution in [0, 0.1) is 0 Å². The standard InChI is InChI=1S/C21H26N2O4/c1-23-18(21(26)27-14-15-10-6-5-7-11-15)22-19(24)17(20(23)25)16-12-8-3-2-4-9-13-16/h5-7,10-11,16,24H,2-4,8-9,12-14H2,1H3. The smallest absolute Gasteiger partial charge is 0.375 e. The molecule has 3 rings (SSSR count). The predicted octanol–water partition coefficient (Wildman–Crippen LogP) is 3.67. The Hall–Kier alpha value is -2.63. The summed E-state index contributed by atoms with van der Waals surface area (Å²) in [4.78, 5) is 29.2. The van der Waals surface area contributed by atoms with Crippen LogP contribution in [0.4, 0.5) is 0 Å². The zero-order valence-corrected chi connectivity index (χ0v) is 15.7. The number of ether oxygens (including phenoxy) is 1. The third kappa shape index (κ3) is 4.56. The third-order valence-electron chi connectivity index (χ3n) is 5.21. The Kier molecular flexibility index (Phi) is 6.27. The second-order valence-corrected chi connectivity index (χ2v) is 7.14. The summed E-state index contributed by atoms with van der Waals surface area (Å²) in [5.41, 5.74) is 0.810. The molecule has 0 atom stereocenters. The van der Waals surface area contributed by atoms with Crippen LogP contribution < -0.4 is 5.56 Å². The zero-order valence-electron chi connectivity index (χ0n) is 15.7. The van der Waals surface area contributed by atoms with Crippen molar-refractivity contribution >= 4 is 5.97 Å². The molecule has 1 aromatic heterocycles. The van der Waals surface area contributed by atoms with Gasteiger partial charge in [0.1, 0.15) is 6.61 Å². The molecule has 144 valence electrons. The number of aromatic nitrogens is 2. The van der Waals surface area contributed by atoms with Gasteiger partial charge in [-0.05, 0) is 24.3 Å². The minimum atomic E-state index is -0.724. The summed E-state index contributed by atoms with van der Waals surface area (Å²) in [5.74, 6) is -1.25. The molecule has 2 aromatic rings. The first-order valence-corrected chi connectivity index (χ1v) is 9.59. The highest BCUT2D eigenvalue weighted by molar-refractivity contribution is 5.85. The second kappa shape index (κ2) is 8.84. The molecule has 0 radical (unpaired) electrons. The average molecular weight is 370 g/mol. The lowest BCUT2D eigenvalue weighted by Gasteiger charge is -2.21. The van der Waals surface area contributed by atoms with Gasteiger partial charge in [-0.25, -0.2) is 4.79 Å². The first-order valence-electron chi connectivity index (χ1n) is 9.59. The van der Waals surface area contributed by atoms with Gasteiger partial charge in [0.2, 0.25) is 11.7 Å². The van der Waals surface area contributed by atoms with E-state index in [1.807, 2.05) is 30.3 Å². The average Bonchev–Trinajstić information content (AvgIpc) is 2.65.